The Morgan fingerprint density at radius 3 is 1.26 bits per heavy atom. The molecule has 2 heteroatoms. The smallest absolute Gasteiger partial charge is 0.0314 e. The highest BCUT2D eigenvalue weighted by Gasteiger charge is 2.17. The standard InChI is InChI=1S/C41H54N2/c1-4-7-8-9-10-11-12-13-37(32-18-20-34(21-19-32)41(6-3)36-24-28-39(43)29-25-36)30-31-14-16-33(17-15-31)40(5-2)35-22-26-38(42)27-23-35/h14-29,37,40-41H,4-13,30,42-43H2,1-3H3. The van der Waals surface area contributed by atoms with Crippen LogP contribution in [0, 0.1) is 0 Å². The molecule has 0 aliphatic rings. The normalized spacial score (nSPS) is 13.5. The SMILES string of the molecule is CCCCCCCCCC(Cc1ccc(C(CC)c2ccc(N)cc2)cc1)c1ccc(C(CC)c2ccc(N)cc2)cc1. The van der Waals surface area contributed by atoms with Gasteiger partial charge >= 0.3 is 0 Å². The van der Waals surface area contributed by atoms with Gasteiger partial charge in [0.2, 0.25) is 0 Å². The van der Waals surface area contributed by atoms with E-state index in [-0.39, 0.29) is 0 Å². The van der Waals surface area contributed by atoms with Gasteiger partial charge in [0.15, 0.2) is 0 Å². The van der Waals surface area contributed by atoms with Gasteiger partial charge in [0.25, 0.3) is 0 Å². The lowest BCUT2D eigenvalue weighted by molar-refractivity contribution is 0.531. The first kappa shape index (κ1) is 32.4. The number of nitrogens with two attached hydrogens (primary N) is 2. The van der Waals surface area contributed by atoms with Crippen molar-refractivity contribution in [1.82, 2.24) is 0 Å². The van der Waals surface area contributed by atoms with Crippen LogP contribution in [0.3, 0.4) is 0 Å². The number of rotatable bonds is 17. The summed E-state index contributed by atoms with van der Waals surface area (Å²) in [5, 5.41) is 0. The van der Waals surface area contributed by atoms with Crippen LogP contribution in [0.1, 0.15) is 136 Å². The Morgan fingerprint density at radius 1 is 0.442 bits per heavy atom. The fourth-order valence-electron chi connectivity index (χ4n) is 6.69. The highest BCUT2D eigenvalue weighted by Crippen LogP contribution is 2.33. The summed E-state index contributed by atoms with van der Waals surface area (Å²) < 4.78 is 0. The summed E-state index contributed by atoms with van der Waals surface area (Å²) in [6.07, 6.45) is 13.9. The second kappa shape index (κ2) is 16.9. The van der Waals surface area contributed by atoms with E-state index >= 15 is 0 Å². The van der Waals surface area contributed by atoms with Crippen molar-refractivity contribution in [3.8, 4) is 0 Å². The van der Waals surface area contributed by atoms with Gasteiger partial charge in [0.05, 0.1) is 0 Å². The highest BCUT2D eigenvalue weighted by atomic mass is 14.5. The third-order valence-corrected chi connectivity index (χ3v) is 9.32. The summed E-state index contributed by atoms with van der Waals surface area (Å²) in [6.45, 7) is 6.84. The van der Waals surface area contributed by atoms with Gasteiger partial charge in [0, 0.05) is 23.2 Å². The maximum atomic E-state index is 5.96. The molecule has 0 bridgehead atoms. The average Bonchev–Trinajstić information content (AvgIpc) is 3.03. The molecule has 3 atom stereocenters. The predicted octanol–water partition coefficient (Wildman–Crippen LogP) is 11.4. The molecule has 228 valence electrons. The zero-order chi connectivity index (χ0) is 30.4. The van der Waals surface area contributed by atoms with Crippen molar-refractivity contribution in [3.05, 3.63) is 130 Å². The van der Waals surface area contributed by atoms with E-state index in [2.05, 4.69) is 93.6 Å². The van der Waals surface area contributed by atoms with E-state index < -0.39 is 0 Å². The van der Waals surface area contributed by atoms with E-state index in [9.17, 15) is 0 Å². The fraction of sp³-hybridized carbons (Fsp3) is 0.415. The number of hydrogen-bond acceptors (Lipinski definition) is 2. The van der Waals surface area contributed by atoms with Crippen molar-refractivity contribution in [2.24, 2.45) is 0 Å². The quantitative estimate of drug-likeness (QED) is 0.0973. The zero-order valence-electron chi connectivity index (χ0n) is 26.9. The molecule has 0 amide bonds. The van der Waals surface area contributed by atoms with Crippen LogP contribution in [0.5, 0.6) is 0 Å². The van der Waals surface area contributed by atoms with Crippen LogP contribution < -0.4 is 11.5 Å². The molecule has 3 unspecified atom stereocenters. The molecule has 43 heavy (non-hydrogen) atoms. The molecule has 4 rings (SSSR count). The Labute approximate surface area is 261 Å². The zero-order valence-corrected chi connectivity index (χ0v) is 26.9. The highest BCUT2D eigenvalue weighted by molar-refractivity contribution is 5.44. The molecule has 0 fully saturated rings. The van der Waals surface area contributed by atoms with E-state index in [1.807, 2.05) is 24.3 Å². The first-order valence-corrected chi connectivity index (χ1v) is 16.9. The minimum Gasteiger partial charge on any atom is -0.399 e. The Balaban J connectivity index is 1.48. The summed E-state index contributed by atoms with van der Waals surface area (Å²) in [5.41, 5.74) is 21.9. The molecular formula is C41H54N2. The molecule has 0 aromatic heterocycles. The third kappa shape index (κ3) is 9.48. The van der Waals surface area contributed by atoms with Crippen molar-refractivity contribution in [2.75, 3.05) is 11.5 Å². The third-order valence-electron chi connectivity index (χ3n) is 9.32. The molecule has 0 saturated heterocycles. The van der Waals surface area contributed by atoms with Gasteiger partial charge < -0.3 is 11.5 Å². The molecule has 4 aromatic rings. The van der Waals surface area contributed by atoms with Crippen LogP contribution in [0.2, 0.25) is 0 Å². The lowest BCUT2D eigenvalue weighted by atomic mass is 9.83. The van der Waals surface area contributed by atoms with Crippen molar-refractivity contribution in [1.29, 1.82) is 0 Å². The molecular weight excluding hydrogens is 520 g/mol. The van der Waals surface area contributed by atoms with Gasteiger partial charge in [-0.1, -0.05) is 139 Å². The molecule has 0 radical (unpaired) electrons. The van der Waals surface area contributed by atoms with Gasteiger partial charge in [-0.3, -0.25) is 0 Å². The number of hydrogen-bond donors (Lipinski definition) is 2. The van der Waals surface area contributed by atoms with Crippen LogP contribution in [0.4, 0.5) is 11.4 Å². The first-order valence-electron chi connectivity index (χ1n) is 16.9. The lowest BCUT2D eigenvalue weighted by Crippen LogP contribution is -2.06. The molecule has 0 spiro atoms. The lowest BCUT2D eigenvalue weighted by Gasteiger charge is -2.21. The van der Waals surface area contributed by atoms with Crippen molar-refractivity contribution in [2.45, 2.75) is 109 Å². The van der Waals surface area contributed by atoms with Gasteiger partial charge in [-0.25, -0.2) is 0 Å². The first-order chi connectivity index (χ1) is 21.0. The maximum absolute atomic E-state index is 5.96. The summed E-state index contributed by atoms with van der Waals surface area (Å²) in [4.78, 5) is 0. The molecule has 0 heterocycles. The summed E-state index contributed by atoms with van der Waals surface area (Å²) in [6, 6.07) is 35.8. The molecule has 4 aromatic carbocycles. The summed E-state index contributed by atoms with van der Waals surface area (Å²) >= 11 is 0. The average molecular weight is 575 g/mol. The largest absolute Gasteiger partial charge is 0.399 e. The van der Waals surface area contributed by atoms with E-state index in [4.69, 9.17) is 11.5 Å². The van der Waals surface area contributed by atoms with Crippen LogP contribution in [0.15, 0.2) is 97.1 Å². The number of unbranched alkanes of at least 4 members (excludes halogenated alkanes) is 6. The van der Waals surface area contributed by atoms with Crippen LogP contribution >= 0.6 is 0 Å². The Kier molecular flexibility index (Phi) is 12.8. The number of benzene rings is 4. The van der Waals surface area contributed by atoms with Gasteiger partial charge in [-0.15, -0.1) is 0 Å². The van der Waals surface area contributed by atoms with E-state index in [1.54, 1.807) is 0 Å². The minimum atomic E-state index is 0.399. The van der Waals surface area contributed by atoms with Crippen LogP contribution in [-0.2, 0) is 6.42 Å². The van der Waals surface area contributed by atoms with Gasteiger partial charge in [-0.05, 0) is 89.2 Å². The monoisotopic (exact) mass is 574 g/mol. The minimum absolute atomic E-state index is 0.399. The molecule has 0 aliphatic heterocycles. The van der Waals surface area contributed by atoms with Crippen LogP contribution in [0.25, 0.3) is 0 Å². The van der Waals surface area contributed by atoms with E-state index in [0.29, 0.717) is 17.8 Å². The molecule has 2 nitrogen and oxygen atoms in total. The fourth-order valence-corrected chi connectivity index (χ4v) is 6.69. The van der Waals surface area contributed by atoms with Gasteiger partial charge in [-0.2, -0.15) is 0 Å². The van der Waals surface area contributed by atoms with Crippen LogP contribution in [-0.4, -0.2) is 0 Å². The molecule has 4 N–H and O–H groups in total. The predicted molar refractivity (Wildman–Crippen MR) is 188 cm³/mol. The number of anilines is 2. The van der Waals surface area contributed by atoms with Gasteiger partial charge in [0.1, 0.15) is 0 Å². The van der Waals surface area contributed by atoms with Crippen molar-refractivity contribution in [3.63, 3.8) is 0 Å². The maximum Gasteiger partial charge on any atom is 0.0314 e. The second-order valence-electron chi connectivity index (χ2n) is 12.5. The topological polar surface area (TPSA) is 52.0 Å². The Morgan fingerprint density at radius 2 is 0.814 bits per heavy atom. The Hall–Kier alpha value is -3.52. The summed E-state index contributed by atoms with van der Waals surface area (Å²) in [5.74, 6) is 1.33. The summed E-state index contributed by atoms with van der Waals surface area (Å²) in [7, 11) is 0. The molecule has 0 saturated carbocycles. The number of nitrogen functional groups attached to an aromatic ring is 2. The second-order valence-corrected chi connectivity index (χ2v) is 12.5. The Bertz CT molecular complexity index is 1320. The van der Waals surface area contributed by atoms with E-state index in [0.717, 1.165) is 30.6 Å². The van der Waals surface area contributed by atoms with Crippen molar-refractivity contribution < 1.29 is 0 Å². The molecule has 0 aliphatic carbocycles. The van der Waals surface area contributed by atoms with E-state index in [1.165, 1.54) is 84.7 Å². The van der Waals surface area contributed by atoms with Crippen molar-refractivity contribution >= 4 is 11.4 Å².